The SMILES string of the molecule is C=NC(=N/C=C(\C)c1nnc(C(F)F)o1)Nc1cc(-c2ccccc2)c2ncn(C)c2c1. The van der Waals surface area contributed by atoms with Gasteiger partial charge in [0.2, 0.25) is 11.9 Å². The average Bonchev–Trinajstić information content (AvgIpc) is 3.44. The molecule has 0 unspecified atom stereocenters. The molecular weight excluding hydrogens is 416 g/mol. The lowest BCUT2D eigenvalue weighted by molar-refractivity contribution is 0.114. The predicted octanol–water partition coefficient (Wildman–Crippen LogP) is 5.09. The first kappa shape index (κ1) is 21.0. The number of hydrogen-bond acceptors (Lipinski definition) is 5. The van der Waals surface area contributed by atoms with Gasteiger partial charge in [0.25, 0.3) is 5.89 Å². The predicted molar refractivity (Wildman–Crippen MR) is 120 cm³/mol. The minimum absolute atomic E-state index is 0.0462. The van der Waals surface area contributed by atoms with E-state index in [1.165, 1.54) is 6.20 Å². The number of anilines is 1. The lowest BCUT2D eigenvalue weighted by atomic mass is 10.0. The number of imidazole rings is 1. The van der Waals surface area contributed by atoms with E-state index in [1.54, 1.807) is 13.3 Å². The van der Waals surface area contributed by atoms with Gasteiger partial charge in [0, 0.05) is 30.1 Å². The molecule has 2 aromatic carbocycles. The molecule has 4 aromatic rings. The number of benzene rings is 2. The second-order valence-corrected chi connectivity index (χ2v) is 6.91. The Bertz CT molecular complexity index is 1320. The molecule has 32 heavy (non-hydrogen) atoms. The topological polar surface area (TPSA) is 93.5 Å². The third-order valence-corrected chi connectivity index (χ3v) is 4.67. The van der Waals surface area contributed by atoms with Crippen molar-refractivity contribution < 1.29 is 13.2 Å². The summed E-state index contributed by atoms with van der Waals surface area (Å²) in [5.41, 5.74) is 4.90. The molecule has 0 atom stereocenters. The Morgan fingerprint density at radius 3 is 2.69 bits per heavy atom. The molecule has 0 aliphatic heterocycles. The Labute approximate surface area is 182 Å². The molecule has 0 saturated heterocycles. The molecule has 0 spiro atoms. The zero-order valence-electron chi connectivity index (χ0n) is 17.3. The third kappa shape index (κ3) is 4.29. The van der Waals surface area contributed by atoms with E-state index in [0.717, 1.165) is 27.8 Å². The quantitative estimate of drug-likeness (QED) is 0.348. The van der Waals surface area contributed by atoms with Crippen molar-refractivity contribution in [2.24, 2.45) is 17.0 Å². The maximum absolute atomic E-state index is 12.6. The second-order valence-electron chi connectivity index (χ2n) is 6.91. The van der Waals surface area contributed by atoms with E-state index in [-0.39, 0.29) is 11.9 Å². The fourth-order valence-electron chi connectivity index (χ4n) is 3.08. The van der Waals surface area contributed by atoms with Crippen molar-refractivity contribution in [3.05, 3.63) is 66.8 Å². The maximum atomic E-state index is 12.6. The molecule has 2 heterocycles. The number of aromatic nitrogens is 4. The fourth-order valence-corrected chi connectivity index (χ4v) is 3.08. The monoisotopic (exact) mass is 435 g/mol. The van der Waals surface area contributed by atoms with E-state index >= 15 is 0 Å². The molecule has 0 bridgehead atoms. The summed E-state index contributed by atoms with van der Waals surface area (Å²) in [5.74, 6) is -0.580. The van der Waals surface area contributed by atoms with Crippen LogP contribution in [0.25, 0.3) is 27.7 Å². The van der Waals surface area contributed by atoms with Gasteiger partial charge in [-0.15, -0.1) is 10.2 Å². The molecule has 0 saturated carbocycles. The largest absolute Gasteiger partial charge is 0.415 e. The second kappa shape index (κ2) is 8.88. The Morgan fingerprint density at radius 1 is 1.22 bits per heavy atom. The van der Waals surface area contributed by atoms with Gasteiger partial charge in [0.05, 0.1) is 17.4 Å². The fraction of sp³-hybridized carbons (Fsp3) is 0.136. The number of fused-ring (bicyclic) bond motifs is 1. The maximum Gasteiger partial charge on any atom is 0.314 e. The molecule has 0 amide bonds. The van der Waals surface area contributed by atoms with Crippen molar-refractivity contribution in [1.82, 2.24) is 19.7 Å². The highest BCUT2D eigenvalue weighted by Gasteiger charge is 2.16. The zero-order chi connectivity index (χ0) is 22.7. The Morgan fingerprint density at radius 2 is 2.00 bits per heavy atom. The van der Waals surface area contributed by atoms with Gasteiger partial charge in [-0.25, -0.2) is 15.0 Å². The van der Waals surface area contributed by atoms with E-state index < -0.39 is 12.3 Å². The number of nitrogens with one attached hydrogen (secondary N) is 1. The summed E-state index contributed by atoms with van der Waals surface area (Å²) in [7, 11) is 1.92. The van der Waals surface area contributed by atoms with Crippen LogP contribution in [0, 0.1) is 0 Å². The summed E-state index contributed by atoms with van der Waals surface area (Å²) < 4.78 is 32.1. The first-order valence-electron chi connectivity index (χ1n) is 9.57. The number of hydrogen-bond donors (Lipinski definition) is 1. The Hall–Kier alpha value is -4.21. The number of nitrogens with zero attached hydrogens (tertiary/aromatic N) is 6. The van der Waals surface area contributed by atoms with Crippen molar-refractivity contribution in [2.75, 3.05) is 5.32 Å². The number of halogens is 2. The van der Waals surface area contributed by atoms with Crippen molar-refractivity contribution in [3.63, 3.8) is 0 Å². The molecule has 0 aliphatic carbocycles. The zero-order valence-corrected chi connectivity index (χ0v) is 17.3. The van der Waals surface area contributed by atoms with Gasteiger partial charge >= 0.3 is 6.43 Å². The van der Waals surface area contributed by atoms with Crippen molar-refractivity contribution in [1.29, 1.82) is 0 Å². The highest BCUT2D eigenvalue weighted by atomic mass is 19.3. The summed E-state index contributed by atoms with van der Waals surface area (Å²) in [6.07, 6.45) is 0.312. The van der Waals surface area contributed by atoms with Gasteiger partial charge < -0.3 is 14.3 Å². The molecule has 0 aliphatic rings. The van der Waals surface area contributed by atoms with E-state index in [9.17, 15) is 8.78 Å². The van der Waals surface area contributed by atoms with Gasteiger partial charge in [-0.3, -0.25) is 0 Å². The van der Waals surface area contributed by atoms with E-state index in [4.69, 9.17) is 4.42 Å². The molecule has 0 fully saturated rings. The first-order valence-corrected chi connectivity index (χ1v) is 9.57. The molecule has 0 radical (unpaired) electrons. The van der Waals surface area contributed by atoms with Crippen molar-refractivity contribution >= 4 is 35.0 Å². The number of aryl methyl sites for hydroxylation is 1. The van der Waals surface area contributed by atoms with Crippen LogP contribution in [-0.4, -0.2) is 32.4 Å². The van der Waals surface area contributed by atoms with Gasteiger partial charge in [0.15, 0.2) is 0 Å². The highest BCUT2D eigenvalue weighted by molar-refractivity contribution is 6.01. The molecule has 4 rings (SSSR count). The van der Waals surface area contributed by atoms with Crippen LogP contribution in [0.15, 0.2) is 69.4 Å². The van der Waals surface area contributed by atoms with Gasteiger partial charge in [-0.1, -0.05) is 30.3 Å². The first-order chi connectivity index (χ1) is 15.5. The van der Waals surface area contributed by atoms with E-state index in [1.807, 2.05) is 54.1 Å². The molecular formula is C22H19F2N7O. The normalized spacial score (nSPS) is 12.5. The van der Waals surface area contributed by atoms with E-state index in [2.05, 4.69) is 37.2 Å². The smallest absolute Gasteiger partial charge is 0.314 e. The van der Waals surface area contributed by atoms with Gasteiger partial charge in [0.1, 0.15) is 0 Å². The number of aliphatic imine (C=N–C) groups is 2. The molecule has 2 aromatic heterocycles. The lowest BCUT2D eigenvalue weighted by Gasteiger charge is -2.10. The van der Waals surface area contributed by atoms with Crippen molar-refractivity contribution in [3.8, 4) is 11.1 Å². The number of guanidine groups is 1. The van der Waals surface area contributed by atoms with Crippen LogP contribution < -0.4 is 5.32 Å². The van der Waals surface area contributed by atoms with Crippen LogP contribution >= 0.6 is 0 Å². The summed E-state index contributed by atoms with van der Waals surface area (Å²) >= 11 is 0. The number of rotatable bonds is 5. The van der Waals surface area contributed by atoms with Crippen LogP contribution in [0.4, 0.5) is 14.5 Å². The Balaban J connectivity index is 1.66. The standard InChI is InChI=1S/C22H19F2N7O/c1-13(20-29-30-21(32-20)19(23)24)11-26-22(25-2)28-15-9-16(14-7-5-4-6-8-14)18-17(10-15)31(3)12-27-18/h4-12,19H,2H2,1,3H3,(H,26,28)/b13-11+. The van der Waals surface area contributed by atoms with Crippen LogP contribution in [0.5, 0.6) is 0 Å². The molecule has 162 valence electrons. The Kier molecular flexibility index (Phi) is 5.84. The number of allylic oxidation sites excluding steroid dienone is 1. The molecule has 1 N–H and O–H groups in total. The van der Waals surface area contributed by atoms with Gasteiger partial charge in [-0.2, -0.15) is 8.78 Å². The summed E-state index contributed by atoms with van der Waals surface area (Å²) in [6, 6.07) is 13.8. The van der Waals surface area contributed by atoms with Crippen molar-refractivity contribution in [2.45, 2.75) is 13.3 Å². The molecule has 10 heteroatoms. The highest BCUT2D eigenvalue weighted by Crippen LogP contribution is 2.31. The lowest BCUT2D eigenvalue weighted by Crippen LogP contribution is -2.08. The van der Waals surface area contributed by atoms with Crippen LogP contribution in [0.2, 0.25) is 0 Å². The van der Waals surface area contributed by atoms with Crippen LogP contribution in [0.3, 0.4) is 0 Å². The van der Waals surface area contributed by atoms with Crippen LogP contribution in [-0.2, 0) is 7.05 Å². The summed E-state index contributed by atoms with van der Waals surface area (Å²) in [6.45, 7) is 5.16. The number of alkyl halides is 2. The minimum Gasteiger partial charge on any atom is -0.415 e. The average molecular weight is 435 g/mol. The van der Waals surface area contributed by atoms with E-state index in [0.29, 0.717) is 5.57 Å². The third-order valence-electron chi connectivity index (χ3n) is 4.67. The van der Waals surface area contributed by atoms with Crippen LogP contribution in [0.1, 0.15) is 25.1 Å². The summed E-state index contributed by atoms with van der Waals surface area (Å²) in [5, 5.41) is 10.0. The summed E-state index contributed by atoms with van der Waals surface area (Å²) in [4.78, 5) is 12.7. The minimum atomic E-state index is -2.83. The van der Waals surface area contributed by atoms with Gasteiger partial charge in [-0.05, 0) is 31.3 Å². The molecule has 8 nitrogen and oxygen atoms in total.